The Bertz CT molecular complexity index is 1290. The lowest BCUT2D eigenvalue weighted by Crippen LogP contribution is -2.16. The predicted molar refractivity (Wildman–Crippen MR) is 110 cm³/mol. The molecule has 0 fully saturated rings. The average molecular weight is 425 g/mol. The first kappa shape index (κ1) is 20.5. The van der Waals surface area contributed by atoms with Gasteiger partial charge in [-0.1, -0.05) is 18.2 Å². The van der Waals surface area contributed by atoms with Crippen molar-refractivity contribution in [2.45, 2.75) is 26.9 Å². The predicted octanol–water partition coefficient (Wildman–Crippen LogP) is 4.99. The van der Waals surface area contributed by atoms with Crippen molar-refractivity contribution in [2.24, 2.45) is 0 Å². The molecule has 0 aliphatic rings. The highest BCUT2D eigenvalue weighted by Crippen LogP contribution is 2.36. The van der Waals surface area contributed by atoms with Crippen molar-refractivity contribution in [1.82, 2.24) is 19.6 Å². The Hall–Kier alpha value is -3.75. The highest BCUT2D eigenvalue weighted by atomic mass is 19.4. The summed E-state index contributed by atoms with van der Waals surface area (Å²) in [6.45, 7) is 5.33. The molecule has 0 saturated carbocycles. The quantitative estimate of drug-likeness (QED) is 0.502. The molecule has 6 nitrogen and oxygen atoms in total. The van der Waals surface area contributed by atoms with Crippen molar-refractivity contribution in [1.29, 1.82) is 0 Å². The van der Waals surface area contributed by atoms with Gasteiger partial charge in [-0.05, 0) is 50.6 Å². The maximum atomic E-state index is 13.5. The number of aryl methyl sites for hydroxylation is 3. The summed E-state index contributed by atoms with van der Waals surface area (Å²) in [7, 11) is 0. The van der Waals surface area contributed by atoms with Crippen LogP contribution in [0.4, 0.5) is 18.9 Å². The van der Waals surface area contributed by atoms with Crippen molar-refractivity contribution in [2.75, 3.05) is 5.32 Å². The largest absolute Gasteiger partial charge is 0.417 e. The highest BCUT2D eigenvalue weighted by Gasteiger charge is 2.34. The number of hydrogen-bond acceptors (Lipinski definition) is 4. The number of halogens is 3. The number of nitrogens with zero attached hydrogens (tertiary/aromatic N) is 4. The van der Waals surface area contributed by atoms with Crippen LogP contribution in [0.25, 0.3) is 16.9 Å². The zero-order chi connectivity index (χ0) is 22.3. The summed E-state index contributed by atoms with van der Waals surface area (Å²) < 4.78 is 41.7. The summed E-state index contributed by atoms with van der Waals surface area (Å²) in [5, 5.41) is 7.09. The molecule has 9 heteroatoms. The Labute approximate surface area is 175 Å². The van der Waals surface area contributed by atoms with E-state index in [1.54, 1.807) is 19.1 Å². The molecule has 1 amide bonds. The molecule has 0 atom stereocenters. The minimum Gasteiger partial charge on any atom is -0.320 e. The zero-order valence-electron chi connectivity index (χ0n) is 16.9. The lowest BCUT2D eigenvalue weighted by atomic mass is 10.0. The summed E-state index contributed by atoms with van der Waals surface area (Å²) in [6.07, 6.45) is -3.18. The standard InChI is InChI=1S/C22H18F3N5O/c1-12-8-18(16-6-4-5-7-17(16)22(23,24)25)29-30-19(11-26-20(12)30)21(31)28-15-9-13(2)27-14(3)10-15/h4-11H,1-3H3,(H,27,28,31). The third kappa shape index (κ3) is 3.98. The van der Waals surface area contributed by atoms with Crippen molar-refractivity contribution < 1.29 is 18.0 Å². The molecule has 1 N–H and O–H groups in total. The molecule has 0 unspecified atom stereocenters. The number of alkyl halides is 3. The molecule has 0 aliphatic carbocycles. The number of imidazole rings is 1. The molecule has 31 heavy (non-hydrogen) atoms. The van der Waals surface area contributed by atoms with E-state index in [2.05, 4.69) is 20.4 Å². The average Bonchev–Trinajstić information content (AvgIpc) is 3.11. The van der Waals surface area contributed by atoms with Gasteiger partial charge in [-0.25, -0.2) is 9.50 Å². The van der Waals surface area contributed by atoms with Gasteiger partial charge in [-0.3, -0.25) is 9.78 Å². The molecule has 0 bridgehead atoms. The second-order valence-electron chi connectivity index (χ2n) is 7.23. The Morgan fingerprint density at radius 3 is 2.39 bits per heavy atom. The number of amides is 1. The van der Waals surface area contributed by atoms with E-state index in [9.17, 15) is 18.0 Å². The lowest BCUT2D eigenvalue weighted by molar-refractivity contribution is -0.137. The molecule has 3 aromatic heterocycles. The van der Waals surface area contributed by atoms with Crippen LogP contribution < -0.4 is 5.32 Å². The third-order valence-electron chi connectivity index (χ3n) is 4.73. The van der Waals surface area contributed by atoms with Crippen LogP contribution in [0.2, 0.25) is 0 Å². The van der Waals surface area contributed by atoms with Gasteiger partial charge in [0.25, 0.3) is 5.91 Å². The molecule has 3 heterocycles. The van der Waals surface area contributed by atoms with Crippen molar-refractivity contribution >= 4 is 17.2 Å². The first-order valence-corrected chi connectivity index (χ1v) is 9.42. The van der Waals surface area contributed by atoms with Gasteiger partial charge in [-0.2, -0.15) is 18.3 Å². The molecule has 0 spiro atoms. The fraction of sp³-hybridized carbons (Fsp3) is 0.182. The number of fused-ring (bicyclic) bond motifs is 1. The van der Waals surface area contributed by atoms with Crippen LogP contribution in [0.15, 0.2) is 48.7 Å². The van der Waals surface area contributed by atoms with E-state index >= 15 is 0 Å². The van der Waals surface area contributed by atoms with Gasteiger partial charge in [-0.15, -0.1) is 0 Å². The first-order chi connectivity index (χ1) is 14.6. The van der Waals surface area contributed by atoms with E-state index in [1.807, 2.05) is 13.8 Å². The van der Waals surface area contributed by atoms with E-state index < -0.39 is 17.6 Å². The van der Waals surface area contributed by atoms with E-state index in [1.165, 1.54) is 35.0 Å². The second-order valence-corrected chi connectivity index (χ2v) is 7.23. The number of carbonyl (C=O) groups is 1. The van der Waals surface area contributed by atoms with Crippen LogP contribution in [0.1, 0.15) is 33.0 Å². The smallest absolute Gasteiger partial charge is 0.320 e. The highest BCUT2D eigenvalue weighted by molar-refractivity contribution is 6.03. The van der Waals surface area contributed by atoms with E-state index in [0.717, 1.165) is 17.5 Å². The Morgan fingerprint density at radius 2 is 1.71 bits per heavy atom. The van der Waals surface area contributed by atoms with E-state index in [0.29, 0.717) is 16.9 Å². The monoisotopic (exact) mass is 425 g/mol. The number of benzene rings is 1. The Kier molecular flexibility index (Phi) is 4.96. The number of nitrogens with one attached hydrogen (secondary N) is 1. The normalized spacial score (nSPS) is 11.7. The summed E-state index contributed by atoms with van der Waals surface area (Å²) in [5.41, 5.74) is 2.37. The van der Waals surface area contributed by atoms with Crippen LogP contribution in [-0.4, -0.2) is 25.5 Å². The fourth-order valence-corrected chi connectivity index (χ4v) is 3.46. The van der Waals surface area contributed by atoms with Crippen LogP contribution in [-0.2, 0) is 6.18 Å². The summed E-state index contributed by atoms with van der Waals surface area (Å²) in [6, 6.07) is 10.2. The van der Waals surface area contributed by atoms with E-state index in [-0.39, 0.29) is 17.0 Å². The maximum Gasteiger partial charge on any atom is 0.417 e. The lowest BCUT2D eigenvalue weighted by Gasteiger charge is -2.13. The second kappa shape index (κ2) is 7.50. The van der Waals surface area contributed by atoms with Gasteiger partial charge in [0.1, 0.15) is 0 Å². The van der Waals surface area contributed by atoms with Crippen LogP contribution in [0.3, 0.4) is 0 Å². The van der Waals surface area contributed by atoms with Crippen molar-refractivity contribution in [3.05, 3.63) is 76.9 Å². The first-order valence-electron chi connectivity index (χ1n) is 9.42. The maximum absolute atomic E-state index is 13.5. The molecule has 158 valence electrons. The number of aromatic nitrogens is 4. The summed E-state index contributed by atoms with van der Waals surface area (Å²) >= 11 is 0. The molecular formula is C22H18F3N5O. The van der Waals surface area contributed by atoms with Gasteiger partial charge in [0, 0.05) is 22.6 Å². The molecule has 1 aromatic carbocycles. The van der Waals surface area contributed by atoms with Crippen molar-refractivity contribution in [3.63, 3.8) is 0 Å². The topological polar surface area (TPSA) is 72.2 Å². The number of anilines is 1. The van der Waals surface area contributed by atoms with Crippen LogP contribution in [0.5, 0.6) is 0 Å². The fourth-order valence-electron chi connectivity index (χ4n) is 3.46. The van der Waals surface area contributed by atoms with Crippen molar-refractivity contribution in [3.8, 4) is 11.3 Å². The number of carbonyl (C=O) groups excluding carboxylic acids is 1. The molecule has 4 aromatic rings. The van der Waals surface area contributed by atoms with Gasteiger partial charge in [0.05, 0.1) is 17.5 Å². The Morgan fingerprint density at radius 1 is 1.03 bits per heavy atom. The number of rotatable bonds is 3. The molecule has 0 saturated heterocycles. The molecular weight excluding hydrogens is 407 g/mol. The molecule has 0 radical (unpaired) electrons. The number of pyridine rings is 1. The van der Waals surface area contributed by atoms with Gasteiger partial charge < -0.3 is 5.32 Å². The summed E-state index contributed by atoms with van der Waals surface area (Å²) in [5.74, 6) is -0.481. The number of hydrogen-bond donors (Lipinski definition) is 1. The van der Waals surface area contributed by atoms with Crippen LogP contribution >= 0.6 is 0 Å². The SMILES string of the molecule is Cc1cc(NC(=O)c2cnc3c(C)cc(-c4ccccc4C(F)(F)F)nn23)cc(C)n1. The minimum absolute atomic E-state index is 0.0690. The minimum atomic E-state index is -4.53. The van der Waals surface area contributed by atoms with Gasteiger partial charge in [0.2, 0.25) is 0 Å². The van der Waals surface area contributed by atoms with Crippen LogP contribution in [0, 0.1) is 20.8 Å². The third-order valence-corrected chi connectivity index (χ3v) is 4.73. The van der Waals surface area contributed by atoms with E-state index in [4.69, 9.17) is 0 Å². The summed E-state index contributed by atoms with van der Waals surface area (Å²) in [4.78, 5) is 21.4. The molecule has 0 aliphatic heterocycles. The van der Waals surface area contributed by atoms with Gasteiger partial charge in [0.15, 0.2) is 11.3 Å². The zero-order valence-corrected chi connectivity index (χ0v) is 16.9. The molecule has 4 rings (SSSR count). The van der Waals surface area contributed by atoms with Gasteiger partial charge >= 0.3 is 6.18 Å². The Balaban J connectivity index is 1.80.